The van der Waals surface area contributed by atoms with Crippen molar-refractivity contribution in [1.82, 2.24) is 4.57 Å². The summed E-state index contributed by atoms with van der Waals surface area (Å²) in [6.07, 6.45) is 1.45. The second kappa shape index (κ2) is 9.05. The van der Waals surface area contributed by atoms with Crippen LogP contribution in [-0.2, 0) is 26.9 Å². The van der Waals surface area contributed by atoms with E-state index >= 15 is 0 Å². The van der Waals surface area contributed by atoms with E-state index in [4.69, 9.17) is 11.6 Å². The largest absolute Gasteiger partial charge is 0.337 e. The molecule has 0 bridgehead atoms. The molecule has 1 heterocycles. The predicted molar refractivity (Wildman–Crippen MR) is 126 cm³/mol. The number of benzene rings is 3. The number of nitrogens with zero attached hydrogens (tertiary/aromatic N) is 2. The van der Waals surface area contributed by atoms with Crippen LogP contribution in [0.5, 0.6) is 0 Å². The quantitative estimate of drug-likeness (QED) is 0.299. The van der Waals surface area contributed by atoms with Crippen LogP contribution in [0.15, 0.2) is 83.9 Å². The number of para-hydroxylation sites is 1. The number of non-ortho nitro benzene ring substituents is 1. The van der Waals surface area contributed by atoms with Crippen molar-refractivity contribution in [2.24, 2.45) is 0 Å². The van der Waals surface area contributed by atoms with E-state index in [1.807, 2.05) is 0 Å². The van der Waals surface area contributed by atoms with Crippen molar-refractivity contribution < 1.29 is 18.1 Å². The molecule has 0 saturated heterocycles. The van der Waals surface area contributed by atoms with Crippen molar-refractivity contribution in [1.29, 1.82) is 0 Å². The van der Waals surface area contributed by atoms with Gasteiger partial charge in [-0.1, -0.05) is 48.0 Å². The van der Waals surface area contributed by atoms with Crippen LogP contribution in [0.25, 0.3) is 10.9 Å². The first kappa shape index (κ1) is 22.5. The lowest BCUT2D eigenvalue weighted by atomic mass is 10.2. The number of sulfone groups is 1. The van der Waals surface area contributed by atoms with Crippen LogP contribution in [0, 0.1) is 10.1 Å². The number of halogens is 1. The summed E-state index contributed by atoms with van der Waals surface area (Å²) in [4.78, 5) is 23.1. The maximum atomic E-state index is 13.2. The van der Waals surface area contributed by atoms with E-state index in [1.54, 1.807) is 59.2 Å². The van der Waals surface area contributed by atoms with E-state index < -0.39 is 20.7 Å². The van der Waals surface area contributed by atoms with Crippen molar-refractivity contribution in [3.8, 4) is 0 Å². The SMILES string of the molecule is O=C(Cn1cc(S(=O)(=O)Cc2ccc(Cl)cc2)c2ccccc21)Nc1cccc([N+](=O)[O-])c1. The molecular weight excluding hydrogens is 466 g/mol. The monoisotopic (exact) mass is 483 g/mol. The molecule has 3 aromatic carbocycles. The Morgan fingerprint density at radius 1 is 1.03 bits per heavy atom. The minimum atomic E-state index is -3.71. The van der Waals surface area contributed by atoms with Crippen molar-refractivity contribution >= 4 is 49.6 Å². The average Bonchev–Trinajstić information content (AvgIpc) is 3.15. The van der Waals surface area contributed by atoms with Crippen molar-refractivity contribution in [2.75, 3.05) is 5.32 Å². The highest BCUT2D eigenvalue weighted by molar-refractivity contribution is 7.90. The summed E-state index contributed by atoms with van der Waals surface area (Å²) in [5, 5.41) is 14.6. The molecule has 33 heavy (non-hydrogen) atoms. The zero-order chi connectivity index (χ0) is 23.6. The molecule has 0 atom stereocenters. The molecule has 0 radical (unpaired) electrons. The van der Waals surface area contributed by atoms with Gasteiger partial charge in [-0.3, -0.25) is 14.9 Å². The summed E-state index contributed by atoms with van der Waals surface area (Å²) < 4.78 is 27.9. The van der Waals surface area contributed by atoms with E-state index in [0.29, 0.717) is 21.5 Å². The summed E-state index contributed by atoms with van der Waals surface area (Å²) in [6, 6.07) is 19.1. The molecule has 8 nitrogen and oxygen atoms in total. The second-order valence-corrected chi connectivity index (χ2v) is 9.77. The molecule has 10 heteroatoms. The summed E-state index contributed by atoms with van der Waals surface area (Å²) in [6.45, 7) is -0.167. The Hall–Kier alpha value is -3.69. The molecule has 0 unspecified atom stereocenters. The number of hydrogen-bond donors (Lipinski definition) is 1. The van der Waals surface area contributed by atoms with E-state index in [-0.39, 0.29) is 28.6 Å². The Balaban J connectivity index is 1.62. The van der Waals surface area contributed by atoms with Gasteiger partial charge in [0, 0.05) is 39.9 Å². The summed E-state index contributed by atoms with van der Waals surface area (Å²) in [5.74, 6) is -0.657. The van der Waals surface area contributed by atoms with Gasteiger partial charge in [0.2, 0.25) is 5.91 Å². The lowest BCUT2D eigenvalue weighted by molar-refractivity contribution is -0.384. The van der Waals surface area contributed by atoms with Crippen LogP contribution >= 0.6 is 11.6 Å². The highest BCUT2D eigenvalue weighted by Gasteiger charge is 2.22. The maximum Gasteiger partial charge on any atom is 0.271 e. The maximum absolute atomic E-state index is 13.2. The Labute approximate surface area is 194 Å². The van der Waals surface area contributed by atoms with E-state index in [0.717, 1.165) is 0 Å². The van der Waals surface area contributed by atoms with Gasteiger partial charge in [-0.15, -0.1) is 0 Å². The number of hydrogen-bond acceptors (Lipinski definition) is 5. The van der Waals surface area contributed by atoms with Gasteiger partial charge < -0.3 is 9.88 Å². The molecule has 0 spiro atoms. The number of carbonyl (C=O) groups is 1. The van der Waals surface area contributed by atoms with Crippen molar-refractivity contribution in [3.63, 3.8) is 0 Å². The van der Waals surface area contributed by atoms with Gasteiger partial charge >= 0.3 is 0 Å². The van der Waals surface area contributed by atoms with Gasteiger partial charge in [-0.05, 0) is 29.8 Å². The van der Waals surface area contributed by atoms with Gasteiger partial charge in [0.1, 0.15) is 6.54 Å². The third kappa shape index (κ3) is 5.05. The average molecular weight is 484 g/mol. The van der Waals surface area contributed by atoms with Crippen LogP contribution in [0.3, 0.4) is 0 Å². The second-order valence-electron chi connectivity index (χ2n) is 7.38. The number of fused-ring (bicyclic) bond motifs is 1. The van der Waals surface area contributed by atoms with Crippen LogP contribution in [-0.4, -0.2) is 23.8 Å². The van der Waals surface area contributed by atoms with Crippen LogP contribution in [0.4, 0.5) is 11.4 Å². The first-order chi connectivity index (χ1) is 15.7. The van der Waals surface area contributed by atoms with E-state index in [1.165, 1.54) is 24.4 Å². The number of nitro benzene ring substituents is 1. The molecule has 0 fully saturated rings. The molecule has 1 amide bonds. The Morgan fingerprint density at radius 3 is 2.48 bits per heavy atom. The van der Waals surface area contributed by atoms with Crippen molar-refractivity contribution in [2.45, 2.75) is 17.2 Å². The highest BCUT2D eigenvalue weighted by atomic mass is 35.5. The molecule has 0 aliphatic rings. The van der Waals surface area contributed by atoms with Gasteiger partial charge in [0.15, 0.2) is 9.84 Å². The topological polar surface area (TPSA) is 111 Å². The summed E-state index contributed by atoms with van der Waals surface area (Å²) >= 11 is 5.89. The van der Waals surface area contributed by atoms with Crippen LogP contribution < -0.4 is 5.32 Å². The molecule has 4 rings (SSSR count). The van der Waals surface area contributed by atoms with Crippen LogP contribution in [0.1, 0.15) is 5.56 Å². The Kier molecular flexibility index (Phi) is 6.17. The fourth-order valence-corrected chi connectivity index (χ4v) is 5.23. The highest BCUT2D eigenvalue weighted by Crippen LogP contribution is 2.28. The standard InChI is InChI=1S/C23H18ClN3O5S/c24-17-10-8-16(9-11-17)15-33(31,32)22-13-26(21-7-2-1-6-20(21)22)14-23(28)25-18-4-3-5-19(12-18)27(29)30/h1-13H,14-15H2,(H,25,28). The molecular formula is C23H18ClN3O5S. The Morgan fingerprint density at radius 2 is 1.76 bits per heavy atom. The van der Waals surface area contributed by atoms with Gasteiger partial charge in [0.05, 0.1) is 15.6 Å². The molecule has 1 aromatic heterocycles. The Bertz CT molecular complexity index is 1460. The minimum absolute atomic E-state index is 0.121. The number of anilines is 1. The van der Waals surface area contributed by atoms with Crippen molar-refractivity contribution in [3.05, 3.63) is 99.7 Å². The van der Waals surface area contributed by atoms with E-state index in [2.05, 4.69) is 5.32 Å². The van der Waals surface area contributed by atoms with Gasteiger partial charge in [0.25, 0.3) is 5.69 Å². The fraction of sp³-hybridized carbons (Fsp3) is 0.0870. The number of nitro groups is 1. The van der Waals surface area contributed by atoms with Gasteiger partial charge in [-0.25, -0.2) is 8.42 Å². The number of amides is 1. The molecule has 4 aromatic rings. The minimum Gasteiger partial charge on any atom is -0.337 e. The number of nitrogens with one attached hydrogen (secondary N) is 1. The molecule has 1 N–H and O–H groups in total. The van der Waals surface area contributed by atoms with Gasteiger partial charge in [-0.2, -0.15) is 0 Å². The fourth-order valence-electron chi connectivity index (χ4n) is 3.52. The third-order valence-electron chi connectivity index (χ3n) is 5.01. The first-order valence-electron chi connectivity index (χ1n) is 9.82. The summed E-state index contributed by atoms with van der Waals surface area (Å²) in [5.41, 5.74) is 1.32. The zero-order valence-corrected chi connectivity index (χ0v) is 18.7. The predicted octanol–water partition coefficient (Wildman–Crippen LogP) is 4.82. The number of carbonyl (C=O) groups excluding carboxylic acids is 1. The lowest BCUT2D eigenvalue weighted by Gasteiger charge is -2.07. The van der Waals surface area contributed by atoms with E-state index in [9.17, 15) is 23.3 Å². The lowest BCUT2D eigenvalue weighted by Crippen LogP contribution is -2.18. The third-order valence-corrected chi connectivity index (χ3v) is 6.97. The summed E-state index contributed by atoms with van der Waals surface area (Å²) in [7, 11) is -3.71. The van der Waals surface area contributed by atoms with Crippen LogP contribution in [0.2, 0.25) is 5.02 Å². The normalized spacial score (nSPS) is 11.4. The molecule has 0 aliphatic heterocycles. The smallest absolute Gasteiger partial charge is 0.271 e. The molecule has 168 valence electrons. The first-order valence-corrected chi connectivity index (χ1v) is 11.9. The zero-order valence-electron chi connectivity index (χ0n) is 17.1. The number of rotatable bonds is 7. The number of aromatic nitrogens is 1. The molecule has 0 aliphatic carbocycles. The molecule has 0 saturated carbocycles.